The van der Waals surface area contributed by atoms with Crippen molar-refractivity contribution < 1.29 is 9.53 Å². The van der Waals surface area contributed by atoms with Gasteiger partial charge in [-0.05, 0) is 43.4 Å². The lowest BCUT2D eigenvalue weighted by molar-refractivity contribution is 0.0902. The molecule has 0 radical (unpaired) electrons. The number of hydrogen-bond acceptors (Lipinski definition) is 4. The predicted molar refractivity (Wildman–Crippen MR) is 94.7 cm³/mol. The summed E-state index contributed by atoms with van der Waals surface area (Å²) >= 11 is 1.55. The zero-order chi connectivity index (χ0) is 16.6. The lowest BCUT2D eigenvalue weighted by Crippen LogP contribution is -2.43. The van der Waals surface area contributed by atoms with E-state index < -0.39 is 0 Å². The minimum atomic E-state index is -0.257. The Kier molecular flexibility index (Phi) is 4.04. The van der Waals surface area contributed by atoms with Gasteiger partial charge in [-0.3, -0.25) is 4.79 Å². The molecule has 2 aromatic rings. The fourth-order valence-electron chi connectivity index (χ4n) is 3.56. The fourth-order valence-corrected chi connectivity index (χ4v) is 4.55. The van der Waals surface area contributed by atoms with Gasteiger partial charge in [-0.2, -0.15) is 0 Å². The quantitative estimate of drug-likeness (QED) is 0.885. The second-order valence-electron chi connectivity index (χ2n) is 6.81. The topological polar surface area (TPSA) is 51.2 Å². The average molecular weight is 342 g/mol. The van der Waals surface area contributed by atoms with E-state index in [1.165, 1.54) is 18.4 Å². The summed E-state index contributed by atoms with van der Waals surface area (Å²) in [6.07, 6.45) is 8.42. The van der Waals surface area contributed by atoms with Crippen LogP contribution in [0.5, 0.6) is 5.75 Å². The van der Waals surface area contributed by atoms with Crippen LogP contribution in [0, 0.1) is 0 Å². The number of methoxy groups -OCH3 is 1. The van der Waals surface area contributed by atoms with E-state index in [4.69, 9.17) is 4.74 Å². The highest BCUT2D eigenvalue weighted by atomic mass is 32.1. The van der Waals surface area contributed by atoms with Crippen LogP contribution in [-0.4, -0.2) is 18.0 Å². The molecule has 0 unspecified atom stereocenters. The highest BCUT2D eigenvalue weighted by molar-refractivity contribution is 7.13. The molecule has 5 heteroatoms. The normalized spacial score (nSPS) is 19.2. The first-order valence-corrected chi connectivity index (χ1v) is 9.45. The molecule has 24 heavy (non-hydrogen) atoms. The van der Waals surface area contributed by atoms with Crippen LogP contribution in [0.1, 0.15) is 64.7 Å². The van der Waals surface area contributed by atoms with Gasteiger partial charge in [0.25, 0.3) is 5.91 Å². The molecule has 1 aromatic carbocycles. The highest BCUT2D eigenvalue weighted by Crippen LogP contribution is 2.42. The van der Waals surface area contributed by atoms with Crippen molar-refractivity contribution in [1.29, 1.82) is 0 Å². The van der Waals surface area contributed by atoms with Gasteiger partial charge in [-0.15, -0.1) is 11.3 Å². The van der Waals surface area contributed by atoms with Crippen LogP contribution in [0.2, 0.25) is 0 Å². The Morgan fingerprint density at radius 1 is 1.25 bits per heavy atom. The van der Waals surface area contributed by atoms with Crippen LogP contribution >= 0.6 is 11.3 Å². The first-order chi connectivity index (χ1) is 11.7. The molecule has 2 fully saturated rings. The van der Waals surface area contributed by atoms with Crippen molar-refractivity contribution in [2.45, 2.75) is 50.0 Å². The number of rotatable bonds is 5. The molecule has 0 aliphatic heterocycles. The minimum Gasteiger partial charge on any atom is -0.497 e. The Labute approximate surface area is 146 Å². The van der Waals surface area contributed by atoms with E-state index >= 15 is 0 Å². The van der Waals surface area contributed by atoms with Crippen LogP contribution in [0.15, 0.2) is 30.5 Å². The van der Waals surface area contributed by atoms with Gasteiger partial charge in [0.05, 0.1) is 23.9 Å². The standard InChI is InChI=1S/C19H22N2O2S/c1-23-15-8-6-14(7-9-15)19(10-2-3-11-19)21-17(22)16-12-20-18(24-16)13-4-5-13/h6-9,12-13H,2-5,10-11H2,1H3,(H,21,22). The van der Waals surface area contributed by atoms with Crippen LogP contribution < -0.4 is 10.1 Å². The SMILES string of the molecule is COc1ccc(C2(NC(=O)c3cnc(C4CC4)s3)CCCC2)cc1. The largest absolute Gasteiger partial charge is 0.497 e. The second-order valence-corrected chi connectivity index (χ2v) is 7.87. The van der Waals surface area contributed by atoms with Gasteiger partial charge in [0.15, 0.2) is 0 Å². The molecule has 0 atom stereocenters. The smallest absolute Gasteiger partial charge is 0.263 e. The number of nitrogens with one attached hydrogen (secondary N) is 1. The summed E-state index contributed by atoms with van der Waals surface area (Å²) in [6, 6.07) is 8.10. The van der Waals surface area contributed by atoms with Crippen molar-refractivity contribution in [2.75, 3.05) is 7.11 Å². The number of hydrogen-bond donors (Lipinski definition) is 1. The molecule has 0 spiro atoms. The van der Waals surface area contributed by atoms with Crippen molar-refractivity contribution >= 4 is 17.2 Å². The van der Waals surface area contributed by atoms with Crippen LogP contribution in [0.3, 0.4) is 0 Å². The molecule has 2 aliphatic carbocycles. The van der Waals surface area contributed by atoms with Gasteiger partial charge in [0, 0.05) is 5.92 Å². The summed E-state index contributed by atoms with van der Waals surface area (Å²) in [7, 11) is 1.67. The lowest BCUT2D eigenvalue weighted by atomic mass is 9.88. The molecule has 4 rings (SSSR count). The summed E-state index contributed by atoms with van der Waals surface area (Å²) in [4.78, 5) is 18.0. The molecule has 126 valence electrons. The molecule has 0 saturated heterocycles. The van der Waals surface area contributed by atoms with E-state index in [2.05, 4.69) is 22.4 Å². The summed E-state index contributed by atoms with van der Waals surface area (Å²) in [6.45, 7) is 0. The number of thiazole rings is 1. The van der Waals surface area contributed by atoms with Crippen molar-refractivity contribution in [1.82, 2.24) is 10.3 Å². The Hall–Kier alpha value is -1.88. The zero-order valence-corrected chi connectivity index (χ0v) is 14.7. The molecule has 2 saturated carbocycles. The number of benzene rings is 1. The molecular weight excluding hydrogens is 320 g/mol. The van der Waals surface area contributed by atoms with Gasteiger partial charge in [-0.25, -0.2) is 4.98 Å². The second kappa shape index (κ2) is 6.20. The maximum atomic E-state index is 12.8. The maximum Gasteiger partial charge on any atom is 0.263 e. The summed E-state index contributed by atoms with van der Waals surface area (Å²) < 4.78 is 5.25. The van der Waals surface area contributed by atoms with E-state index in [1.807, 2.05) is 12.1 Å². The first-order valence-electron chi connectivity index (χ1n) is 8.63. The fraction of sp³-hybridized carbons (Fsp3) is 0.474. The third-order valence-corrected chi connectivity index (χ3v) is 6.29. The third kappa shape index (κ3) is 2.93. The molecule has 1 N–H and O–H groups in total. The van der Waals surface area contributed by atoms with Crippen LogP contribution in [0.4, 0.5) is 0 Å². The monoisotopic (exact) mass is 342 g/mol. The zero-order valence-electron chi connectivity index (χ0n) is 13.9. The third-order valence-electron chi connectivity index (χ3n) is 5.13. The summed E-state index contributed by atoms with van der Waals surface area (Å²) in [5.74, 6) is 1.45. The number of ether oxygens (including phenoxy) is 1. The van der Waals surface area contributed by atoms with Crippen molar-refractivity contribution in [3.05, 3.63) is 45.9 Å². The summed E-state index contributed by atoms with van der Waals surface area (Å²) in [5, 5.41) is 4.44. The Balaban J connectivity index is 1.56. The number of carbonyl (C=O) groups is 1. The van der Waals surface area contributed by atoms with Crippen LogP contribution in [0.25, 0.3) is 0 Å². The van der Waals surface area contributed by atoms with Gasteiger partial charge >= 0.3 is 0 Å². The average Bonchev–Trinajstić information content (AvgIpc) is 3.15. The molecule has 4 nitrogen and oxygen atoms in total. The molecule has 1 aromatic heterocycles. The van der Waals surface area contributed by atoms with Crippen LogP contribution in [-0.2, 0) is 5.54 Å². The molecule has 1 heterocycles. The minimum absolute atomic E-state index is 0.0112. The molecule has 0 bridgehead atoms. The van der Waals surface area contributed by atoms with Crippen molar-refractivity contribution in [3.8, 4) is 5.75 Å². The Morgan fingerprint density at radius 3 is 2.58 bits per heavy atom. The van der Waals surface area contributed by atoms with E-state index in [-0.39, 0.29) is 11.4 Å². The van der Waals surface area contributed by atoms with E-state index in [0.29, 0.717) is 5.92 Å². The summed E-state index contributed by atoms with van der Waals surface area (Å²) in [5.41, 5.74) is 0.911. The van der Waals surface area contributed by atoms with Crippen molar-refractivity contribution in [3.63, 3.8) is 0 Å². The number of nitrogens with zero attached hydrogens (tertiary/aromatic N) is 1. The van der Waals surface area contributed by atoms with E-state index in [1.54, 1.807) is 24.6 Å². The van der Waals surface area contributed by atoms with E-state index in [0.717, 1.165) is 41.3 Å². The van der Waals surface area contributed by atoms with Gasteiger partial charge in [0.1, 0.15) is 10.6 Å². The Morgan fingerprint density at radius 2 is 1.96 bits per heavy atom. The first kappa shape index (κ1) is 15.6. The predicted octanol–water partition coefficient (Wildman–Crippen LogP) is 4.23. The van der Waals surface area contributed by atoms with Gasteiger partial charge < -0.3 is 10.1 Å². The van der Waals surface area contributed by atoms with E-state index in [9.17, 15) is 4.79 Å². The maximum absolute atomic E-state index is 12.8. The molecular formula is C19H22N2O2S. The number of carbonyl (C=O) groups excluding carboxylic acids is 1. The number of aromatic nitrogens is 1. The number of amides is 1. The van der Waals surface area contributed by atoms with Gasteiger partial charge in [0.2, 0.25) is 0 Å². The molecule has 2 aliphatic rings. The van der Waals surface area contributed by atoms with Gasteiger partial charge in [-0.1, -0.05) is 25.0 Å². The lowest BCUT2D eigenvalue weighted by Gasteiger charge is -2.31. The van der Waals surface area contributed by atoms with Crippen molar-refractivity contribution in [2.24, 2.45) is 0 Å². The highest BCUT2D eigenvalue weighted by Gasteiger charge is 2.38. The Bertz CT molecular complexity index is 728. The molecule has 1 amide bonds.